The zero-order valence-electron chi connectivity index (χ0n) is 23.6. The van der Waals surface area contributed by atoms with Gasteiger partial charge in [0, 0.05) is 63.9 Å². The molecule has 42 heavy (non-hydrogen) atoms. The fourth-order valence-electron chi connectivity index (χ4n) is 6.12. The average Bonchev–Trinajstić information content (AvgIpc) is 3.00. The van der Waals surface area contributed by atoms with E-state index in [0.717, 1.165) is 64.0 Å². The predicted octanol–water partition coefficient (Wildman–Crippen LogP) is 6.18. The van der Waals surface area contributed by atoms with Crippen molar-refractivity contribution in [3.63, 3.8) is 0 Å². The highest BCUT2D eigenvalue weighted by molar-refractivity contribution is 6.42. The van der Waals surface area contributed by atoms with Crippen LogP contribution in [0, 0.1) is 10.1 Å². The number of non-ortho nitro benzene ring substituents is 1. The Kier molecular flexibility index (Phi) is 9.50. The third-order valence-electron chi connectivity index (χ3n) is 8.45. The van der Waals surface area contributed by atoms with Crippen molar-refractivity contribution in [3.8, 4) is 0 Å². The van der Waals surface area contributed by atoms with E-state index < -0.39 is 4.92 Å². The Balaban J connectivity index is 1.30. The van der Waals surface area contributed by atoms with E-state index in [-0.39, 0.29) is 29.6 Å². The van der Waals surface area contributed by atoms with Gasteiger partial charge in [-0.3, -0.25) is 14.9 Å². The summed E-state index contributed by atoms with van der Waals surface area (Å²) < 4.78 is 0. The zero-order valence-corrected chi connectivity index (χ0v) is 25.1. The van der Waals surface area contributed by atoms with Gasteiger partial charge in [0.25, 0.3) is 11.6 Å². The van der Waals surface area contributed by atoms with E-state index in [9.17, 15) is 19.7 Å². The number of carbonyl (C=O) groups excluding carboxylic acids is 2. The summed E-state index contributed by atoms with van der Waals surface area (Å²) in [6.45, 7) is 4.59. The molecule has 3 amide bonds. The predicted molar refractivity (Wildman–Crippen MR) is 166 cm³/mol. The van der Waals surface area contributed by atoms with Crippen molar-refractivity contribution in [1.82, 2.24) is 20.0 Å². The number of nitrogens with zero attached hydrogens (tertiary/aromatic N) is 4. The van der Waals surface area contributed by atoms with E-state index in [1.54, 1.807) is 30.1 Å². The van der Waals surface area contributed by atoms with Gasteiger partial charge in [0.2, 0.25) is 0 Å². The lowest BCUT2D eigenvalue weighted by molar-refractivity contribution is -0.384. The van der Waals surface area contributed by atoms with Crippen LogP contribution in [0.25, 0.3) is 10.8 Å². The third-order valence-corrected chi connectivity index (χ3v) is 9.19. The van der Waals surface area contributed by atoms with Crippen LogP contribution in [-0.2, 0) is 0 Å². The maximum absolute atomic E-state index is 13.7. The van der Waals surface area contributed by atoms with Crippen LogP contribution < -0.4 is 5.32 Å². The Morgan fingerprint density at radius 2 is 1.86 bits per heavy atom. The topological polar surface area (TPSA) is 99.0 Å². The molecule has 2 heterocycles. The highest BCUT2D eigenvalue weighted by atomic mass is 35.5. The number of nitro benzene ring substituents is 1. The van der Waals surface area contributed by atoms with Crippen LogP contribution >= 0.6 is 23.2 Å². The number of nitrogens with one attached hydrogen (secondary N) is 1. The summed E-state index contributed by atoms with van der Waals surface area (Å²) in [6.07, 6.45) is 3.63. The minimum absolute atomic E-state index is 0.0377. The quantitative estimate of drug-likeness (QED) is 0.230. The molecular weight excluding hydrogens is 577 g/mol. The fourth-order valence-corrected chi connectivity index (χ4v) is 6.42. The molecule has 0 bridgehead atoms. The Labute approximate surface area is 255 Å². The number of halogens is 2. The van der Waals surface area contributed by atoms with E-state index in [1.807, 2.05) is 29.2 Å². The molecule has 0 radical (unpaired) electrons. The Bertz CT molecular complexity index is 1480. The lowest BCUT2D eigenvalue weighted by Gasteiger charge is -2.40. The second-order valence-corrected chi connectivity index (χ2v) is 12.0. The van der Waals surface area contributed by atoms with Gasteiger partial charge in [-0.25, -0.2) is 4.79 Å². The van der Waals surface area contributed by atoms with Gasteiger partial charge in [-0.05, 0) is 60.7 Å². The summed E-state index contributed by atoms with van der Waals surface area (Å²) in [7, 11) is 1.73. The van der Waals surface area contributed by atoms with Crippen LogP contribution in [0.4, 0.5) is 10.5 Å². The molecular formula is C31H35Cl2N5O4. The van der Waals surface area contributed by atoms with Gasteiger partial charge in [0.15, 0.2) is 0 Å². The van der Waals surface area contributed by atoms with Gasteiger partial charge in [-0.15, -0.1) is 0 Å². The molecule has 222 valence electrons. The second-order valence-electron chi connectivity index (χ2n) is 11.2. The first kappa shape index (κ1) is 30.1. The number of hydrogen-bond acceptors (Lipinski definition) is 5. The minimum Gasteiger partial charge on any atom is -0.341 e. The van der Waals surface area contributed by atoms with Gasteiger partial charge in [-0.2, -0.15) is 0 Å². The lowest BCUT2D eigenvalue weighted by Crippen LogP contribution is -2.54. The number of fused-ring (bicyclic) bond motifs is 1. The summed E-state index contributed by atoms with van der Waals surface area (Å²) in [6, 6.07) is 16.0. The molecule has 5 rings (SSSR count). The number of piperidine rings is 1. The van der Waals surface area contributed by atoms with Gasteiger partial charge in [0.05, 0.1) is 20.5 Å². The van der Waals surface area contributed by atoms with Crippen molar-refractivity contribution >= 4 is 51.6 Å². The zero-order chi connectivity index (χ0) is 29.8. The molecule has 0 saturated carbocycles. The number of urea groups is 1. The van der Waals surface area contributed by atoms with Crippen molar-refractivity contribution < 1.29 is 14.5 Å². The van der Waals surface area contributed by atoms with Gasteiger partial charge < -0.3 is 20.0 Å². The molecule has 1 atom stereocenters. The molecule has 3 aromatic carbocycles. The number of carbonyl (C=O) groups is 2. The molecule has 0 spiro atoms. The molecule has 0 aliphatic carbocycles. The normalized spacial score (nSPS) is 17.2. The van der Waals surface area contributed by atoms with Gasteiger partial charge in [-0.1, -0.05) is 53.5 Å². The monoisotopic (exact) mass is 611 g/mol. The molecule has 9 nitrogen and oxygen atoms in total. The van der Waals surface area contributed by atoms with Crippen LogP contribution in [0.5, 0.6) is 0 Å². The van der Waals surface area contributed by atoms with E-state index in [4.69, 9.17) is 23.2 Å². The van der Waals surface area contributed by atoms with Crippen molar-refractivity contribution in [1.29, 1.82) is 0 Å². The van der Waals surface area contributed by atoms with E-state index in [2.05, 4.69) is 10.2 Å². The SMILES string of the molecule is CN(CC(CCN1CCC(N2CCCNC2=O)CC1)c1ccc(Cl)c(Cl)c1)C(=O)c1cc([N+](=O)[O-])cc2ccccc12. The number of likely N-dealkylation sites (N-methyl/N-ethyl adjacent to an activating group) is 1. The maximum atomic E-state index is 13.7. The first-order valence-electron chi connectivity index (χ1n) is 14.4. The molecule has 3 aromatic rings. The van der Waals surface area contributed by atoms with Crippen LogP contribution in [0.15, 0.2) is 54.6 Å². The molecule has 2 fully saturated rings. The number of amides is 3. The molecule has 1 unspecified atom stereocenters. The summed E-state index contributed by atoms with van der Waals surface area (Å²) in [5.74, 6) is -0.315. The van der Waals surface area contributed by atoms with Crippen molar-refractivity contribution in [3.05, 3.63) is 85.9 Å². The van der Waals surface area contributed by atoms with Crippen molar-refractivity contribution in [2.75, 3.05) is 46.3 Å². The number of nitro groups is 1. The first-order chi connectivity index (χ1) is 20.2. The summed E-state index contributed by atoms with van der Waals surface area (Å²) in [4.78, 5) is 43.2. The van der Waals surface area contributed by atoms with E-state index >= 15 is 0 Å². The Morgan fingerprint density at radius 3 is 2.57 bits per heavy atom. The molecule has 2 saturated heterocycles. The standard InChI is InChI=1S/C31H35Cl2N5O4/c1-35(30(39)27-19-25(38(41)42)17-22-5-2-3-6-26(22)27)20-23(21-7-8-28(32)29(33)18-21)9-14-36-15-10-24(11-16-36)37-13-4-12-34-31(37)40/h2-3,5-8,17-19,23-24H,4,9-16,20H2,1H3,(H,34,40). The molecule has 11 heteroatoms. The molecule has 0 aromatic heterocycles. The molecule has 2 aliphatic rings. The van der Waals surface area contributed by atoms with Crippen molar-refractivity contribution in [2.24, 2.45) is 0 Å². The minimum atomic E-state index is -0.470. The smallest absolute Gasteiger partial charge is 0.317 e. The number of hydrogen-bond donors (Lipinski definition) is 1. The van der Waals surface area contributed by atoms with Crippen LogP contribution in [0.3, 0.4) is 0 Å². The van der Waals surface area contributed by atoms with E-state index in [0.29, 0.717) is 32.9 Å². The third kappa shape index (κ3) is 6.80. The van der Waals surface area contributed by atoms with Gasteiger partial charge in [0.1, 0.15) is 0 Å². The average molecular weight is 613 g/mol. The largest absolute Gasteiger partial charge is 0.341 e. The molecule has 2 aliphatic heterocycles. The lowest BCUT2D eigenvalue weighted by atomic mass is 9.93. The van der Waals surface area contributed by atoms with Crippen molar-refractivity contribution in [2.45, 2.75) is 37.6 Å². The Hall–Kier alpha value is -3.40. The van der Waals surface area contributed by atoms with Crippen LogP contribution in [-0.4, -0.2) is 83.9 Å². The van der Waals surface area contributed by atoms with E-state index in [1.165, 1.54) is 12.1 Å². The maximum Gasteiger partial charge on any atom is 0.317 e. The highest BCUT2D eigenvalue weighted by Gasteiger charge is 2.30. The number of likely N-dealkylation sites (tertiary alicyclic amines) is 1. The van der Waals surface area contributed by atoms with Crippen LogP contribution in [0.1, 0.15) is 47.5 Å². The first-order valence-corrected chi connectivity index (χ1v) is 15.1. The second kappa shape index (κ2) is 13.3. The summed E-state index contributed by atoms with van der Waals surface area (Å²) >= 11 is 12.6. The fraction of sp³-hybridized carbons (Fsp3) is 0.419. The Morgan fingerprint density at radius 1 is 1.10 bits per heavy atom. The highest BCUT2D eigenvalue weighted by Crippen LogP contribution is 2.31. The molecule has 1 N–H and O–H groups in total. The summed E-state index contributed by atoms with van der Waals surface area (Å²) in [5, 5.41) is 16.8. The number of benzene rings is 3. The van der Waals surface area contributed by atoms with Gasteiger partial charge >= 0.3 is 6.03 Å². The summed E-state index contributed by atoms with van der Waals surface area (Å²) in [5.41, 5.74) is 1.17. The number of rotatable bonds is 9. The van der Waals surface area contributed by atoms with Crippen LogP contribution in [0.2, 0.25) is 10.0 Å².